The third-order valence-corrected chi connectivity index (χ3v) is 2.66. The zero-order valence-corrected chi connectivity index (χ0v) is 9.63. The van der Waals surface area contributed by atoms with Crippen molar-refractivity contribution in [2.24, 2.45) is 0 Å². The van der Waals surface area contributed by atoms with Crippen LogP contribution in [-0.4, -0.2) is 26.5 Å². The summed E-state index contributed by atoms with van der Waals surface area (Å²) >= 11 is 0. The molecule has 1 aromatic carbocycles. The summed E-state index contributed by atoms with van der Waals surface area (Å²) in [6.07, 6.45) is -2.87. The van der Waals surface area contributed by atoms with E-state index in [1.54, 1.807) is 0 Å². The molecule has 6 nitrogen and oxygen atoms in total. The molecule has 102 valence electrons. The van der Waals surface area contributed by atoms with E-state index in [0.717, 1.165) is 0 Å². The number of fused-ring (bicyclic) bond motifs is 1. The van der Waals surface area contributed by atoms with E-state index in [4.69, 9.17) is 4.42 Å². The molecule has 0 unspecified atom stereocenters. The maximum Gasteiger partial charge on any atom is 0.453 e. The zero-order chi connectivity index (χ0) is 14.3. The van der Waals surface area contributed by atoms with Crippen LogP contribution < -0.4 is 0 Å². The second-order valence-electron chi connectivity index (χ2n) is 3.90. The van der Waals surface area contributed by atoms with Gasteiger partial charge in [0.15, 0.2) is 6.29 Å². The number of carbonyl (C=O) groups is 1. The number of hydrogen-bond acceptors (Lipinski definition) is 5. The number of tetrazole rings is 1. The molecule has 0 N–H and O–H groups in total. The number of alkyl halides is 3. The van der Waals surface area contributed by atoms with Crippen molar-refractivity contribution >= 4 is 17.3 Å². The molecule has 3 rings (SSSR count). The van der Waals surface area contributed by atoms with Crippen molar-refractivity contribution in [3.05, 3.63) is 35.9 Å². The van der Waals surface area contributed by atoms with Gasteiger partial charge in [-0.05, 0) is 28.6 Å². The molecular formula is C11H5F3N4O2. The quantitative estimate of drug-likeness (QED) is 0.674. The van der Waals surface area contributed by atoms with Crippen LogP contribution >= 0.6 is 0 Å². The number of carbonyl (C=O) groups excluding carboxylic acids is 1. The van der Waals surface area contributed by atoms with E-state index in [2.05, 4.69) is 15.5 Å². The van der Waals surface area contributed by atoms with Crippen LogP contribution in [0.4, 0.5) is 13.2 Å². The molecule has 0 saturated carbocycles. The van der Waals surface area contributed by atoms with Gasteiger partial charge in [-0.1, -0.05) is 0 Å². The van der Waals surface area contributed by atoms with Gasteiger partial charge in [-0.2, -0.15) is 17.9 Å². The SMILES string of the molecule is O=Cc1cc(-n2nnnc2C(F)(F)F)cc2ccoc12. The van der Waals surface area contributed by atoms with Crippen LogP contribution in [0.2, 0.25) is 0 Å². The Balaban J connectivity index is 2.25. The van der Waals surface area contributed by atoms with Gasteiger partial charge in [0.2, 0.25) is 0 Å². The van der Waals surface area contributed by atoms with Crippen LogP contribution in [0, 0.1) is 0 Å². The minimum atomic E-state index is -4.70. The largest absolute Gasteiger partial charge is 0.464 e. The Kier molecular flexibility index (Phi) is 2.56. The van der Waals surface area contributed by atoms with Gasteiger partial charge in [0.1, 0.15) is 5.58 Å². The van der Waals surface area contributed by atoms with Gasteiger partial charge in [0, 0.05) is 5.39 Å². The summed E-state index contributed by atoms with van der Waals surface area (Å²) in [7, 11) is 0. The zero-order valence-electron chi connectivity index (χ0n) is 9.63. The fourth-order valence-electron chi connectivity index (χ4n) is 1.84. The number of aldehydes is 1. The molecule has 0 saturated heterocycles. The van der Waals surface area contributed by atoms with Crippen LogP contribution in [0.25, 0.3) is 16.7 Å². The van der Waals surface area contributed by atoms with Gasteiger partial charge >= 0.3 is 6.18 Å². The van der Waals surface area contributed by atoms with Gasteiger partial charge in [0.05, 0.1) is 17.5 Å². The molecule has 0 atom stereocenters. The third-order valence-electron chi connectivity index (χ3n) is 2.66. The number of benzene rings is 1. The molecule has 2 heterocycles. The molecule has 0 aliphatic rings. The Morgan fingerprint density at radius 3 is 2.80 bits per heavy atom. The maximum atomic E-state index is 12.8. The lowest BCUT2D eigenvalue weighted by Gasteiger charge is -2.07. The van der Waals surface area contributed by atoms with Gasteiger partial charge in [-0.25, -0.2) is 0 Å². The van der Waals surface area contributed by atoms with E-state index < -0.39 is 12.0 Å². The van der Waals surface area contributed by atoms with E-state index in [-0.39, 0.29) is 11.3 Å². The average Bonchev–Trinajstić information content (AvgIpc) is 3.04. The Morgan fingerprint density at radius 1 is 1.30 bits per heavy atom. The van der Waals surface area contributed by atoms with Crippen LogP contribution in [0.5, 0.6) is 0 Å². The summed E-state index contributed by atoms with van der Waals surface area (Å²) < 4.78 is 43.9. The highest BCUT2D eigenvalue weighted by molar-refractivity contribution is 5.96. The van der Waals surface area contributed by atoms with Crippen LogP contribution in [0.3, 0.4) is 0 Å². The fourth-order valence-corrected chi connectivity index (χ4v) is 1.84. The molecular weight excluding hydrogens is 277 g/mol. The second-order valence-corrected chi connectivity index (χ2v) is 3.90. The summed E-state index contributed by atoms with van der Waals surface area (Å²) in [5.41, 5.74) is 0.440. The summed E-state index contributed by atoms with van der Waals surface area (Å²) in [5.74, 6) is -1.27. The van der Waals surface area contributed by atoms with Crippen molar-refractivity contribution < 1.29 is 22.4 Å². The summed E-state index contributed by atoms with van der Waals surface area (Å²) in [4.78, 5) is 11.0. The lowest BCUT2D eigenvalue weighted by Crippen LogP contribution is -2.14. The molecule has 0 amide bonds. The second kappa shape index (κ2) is 4.15. The normalized spacial score (nSPS) is 11.9. The molecule has 20 heavy (non-hydrogen) atoms. The number of aromatic nitrogens is 4. The standard InChI is InChI=1S/C11H5F3N4O2/c12-11(13,14)10-15-16-17-18(10)8-3-6-1-2-20-9(6)7(4-8)5-19/h1-5H. The van der Waals surface area contributed by atoms with Crippen molar-refractivity contribution in [2.45, 2.75) is 6.18 Å². The van der Waals surface area contributed by atoms with E-state index in [0.29, 0.717) is 21.9 Å². The lowest BCUT2D eigenvalue weighted by atomic mass is 10.1. The maximum absolute atomic E-state index is 12.8. The topological polar surface area (TPSA) is 73.8 Å². The van der Waals surface area contributed by atoms with Crippen molar-refractivity contribution in [1.82, 2.24) is 20.2 Å². The molecule has 9 heteroatoms. The molecule has 0 aliphatic carbocycles. The van der Waals surface area contributed by atoms with Crippen molar-refractivity contribution in [3.8, 4) is 5.69 Å². The van der Waals surface area contributed by atoms with E-state index in [1.807, 2.05) is 0 Å². The third kappa shape index (κ3) is 1.83. The van der Waals surface area contributed by atoms with Crippen LogP contribution in [0.15, 0.2) is 28.9 Å². The predicted molar refractivity (Wildman–Crippen MR) is 59.3 cm³/mol. The smallest absolute Gasteiger partial charge is 0.453 e. The monoisotopic (exact) mass is 282 g/mol. The first-order valence-electron chi connectivity index (χ1n) is 5.33. The molecule has 0 bridgehead atoms. The Morgan fingerprint density at radius 2 is 2.10 bits per heavy atom. The van der Waals surface area contributed by atoms with E-state index in [1.165, 1.54) is 24.5 Å². The number of rotatable bonds is 2. The highest BCUT2D eigenvalue weighted by Crippen LogP contribution is 2.30. The van der Waals surface area contributed by atoms with Crippen molar-refractivity contribution in [1.29, 1.82) is 0 Å². The summed E-state index contributed by atoms with van der Waals surface area (Å²) in [6, 6.07) is 4.16. The molecule has 0 spiro atoms. The molecule has 0 fully saturated rings. The Hall–Kier alpha value is -2.71. The first kappa shape index (κ1) is 12.3. The van der Waals surface area contributed by atoms with E-state index >= 15 is 0 Å². The molecule has 2 aromatic heterocycles. The number of furan rings is 1. The predicted octanol–water partition coefficient (Wildman–Crippen LogP) is 2.24. The molecule has 0 aliphatic heterocycles. The van der Waals surface area contributed by atoms with Crippen molar-refractivity contribution in [3.63, 3.8) is 0 Å². The van der Waals surface area contributed by atoms with Crippen LogP contribution in [-0.2, 0) is 6.18 Å². The lowest BCUT2D eigenvalue weighted by molar-refractivity contribution is -0.146. The minimum absolute atomic E-state index is 0.0262. The average molecular weight is 282 g/mol. The van der Waals surface area contributed by atoms with Gasteiger partial charge in [0.25, 0.3) is 5.82 Å². The Bertz CT molecular complexity index is 790. The summed E-state index contributed by atoms with van der Waals surface area (Å²) in [5, 5.41) is 9.76. The van der Waals surface area contributed by atoms with Gasteiger partial charge in [-0.3, -0.25) is 4.79 Å². The van der Waals surface area contributed by atoms with Crippen molar-refractivity contribution in [2.75, 3.05) is 0 Å². The molecule has 3 aromatic rings. The minimum Gasteiger partial charge on any atom is -0.464 e. The van der Waals surface area contributed by atoms with Gasteiger partial charge in [-0.15, -0.1) is 5.10 Å². The number of nitrogens with zero attached hydrogens (tertiary/aromatic N) is 4. The van der Waals surface area contributed by atoms with Crippen LogP contribution in [0.1, 0.15) is 16.2 Å². The first-order valence-corrected chi connectivity index (χ1v) is 5.33. The first-order chi connectivity index (χ1) is 9.50. The molecule has 0 radical (unpaired) electrons. The van der Waals surface area contributed by atoms with Gasteiger partial charge < -0.3 is 4.42 Å². The number of hydrogen-bond donors (Lipinski definition) is 0. The number of halogens is 3. The summed E-state index contributed by atoms with van der Waals surface area (Å²) in [6.45, 7) is 0. The Labute approximate surface area is 108 Å². The van der Waals surface area contributed by atoms with E-state index in [9.17, 15) is 18.0 Å². The fraction of sp³-hybridized carbons (Fsp3) is 0.0909. The highest BCUT2D eigenvalue weighted by atomic mass is 19.4. The highest BCUT2D eigenvalue weighted by Gasteiger charge is 2.38.